The molecule has 0 unspecified atom stereocenters. The lowest BCUT2D eigenvalue weighted by Gasteiger charge is -2.30. The van der Waals surface area contributed by atoms with Gasteiger partial charge in [0.15, 0.2) is 11.4 Å². The average molecular weight is 337 g/mol. The van der Waals surface area contributed by atoms with Crippen molar-refractivity contribution >= 4 is 18.3 Å². The van der Waals surface area contributed by atoms with Gasteiger partial charge in [0.05, 0.1) is 11.9 Å². The van der Waals surface area contributed by atoms with Gasteiger partial charge in [0.25, 0.3) is 5.91 Å². The topological polar surface area (TPSA) is 84.4 Å². The first-order valence-electron chi connectivity index (χ1n) is 7.52. The third kappa shape index (κ3) is 3.65. The zero-order valence-electron chi connectivity index (χ0n) is 12.8. The summed E-state index contributed by atoms with van der Waals surface area (Å²) in [6, 6.07) is 9.40. The van der Waals surface area contributed by atoms with E-state index >= 15 is 0 Å². The molecule has 0 bridgehead atoms. The molecule has 2 heterocycles. The average Bonchev–Trinajstić information content (AvgIpc) is 2.97. The van der Waals surface area contributed by atoms with Crippen molar-refractivity contribution in [1.29, 1.82) is 0 Å². The Balaban J connectivity index is 0.00000192. The van der Waals surface area contributed by atoms with E-state index in [1.165, 1.54) is 10.9 Å². The summed E-state index contributed by atoms with van der Waals surface area (Å²) < 4.78 is 1.52. The van der Waals surface area contributed by atoms with Gasteiger partial charge in [0.2, 0.25) is 0 Å². The molecule has 1 aromatic carbocycles. The van der Waals surface area contributed by atoms with E-state index < -0.39 is 0 Å². The number of piperidine rings is 1. The van der Waals surface area contributed by atoms with Crippen LogP contribution in [0.1, 0.15) is 23.3 Å². The lowest BCUT2D eigenvalue weighted by molar-refractivity contribution is 0.0684. The van der Waals surface area contributed by atoms with Crippen LogP contribution in [-0.4, -0.2) is 45.3 Å². The lowest BCUT2D eigenvalue weighted by atomic mass is 9.97. The van der Waals surface area contributed by atoms with Crippen molar-refractivity contribution in [3.05, 3.63) is 42.2 Å². The number of aromatic nitrogens is 2. The highest BCUT2D eigenvalue weighted by molar-refractivity contribution is 5.94. The van der Waals surface area contributed by atoms with Gasteiger partial charge in [0, 0.05) is 13.1 Å². The molecule has 0 aliphatic carbocycles. The predicted octanol–water partition coefficient (Wildman–Crippen LogP) is 1.81. The van der Waals surface area contributed by atoms with Gasteiger partial charge in [-0.2, -0.15) is 5.10 Å². The molecule has 6 nitrogen and oxygen atoms in total. The Morgan fingerprint density at radius 1 is 1.26 bits per heavy atom. The van der Waals surface area contributed by atoms with Crippen LogP contribution in [-0.2, 0) is 0 Å². The highest BCUT2D eigenvalue weighted by Crippen LogP contribution is 2.23. The molecule has 1 saturated heterocycles. The Bertz CT molecular complexity index is 651. The molecule has 124 valence electrons. The van der Waals surface area contributed by atoms with Gasteiger partial charge in [-0.15, -0.1) is 12.4 Å². The van der Waals surface area contributed by atoms with Gasteiger partial charge < -0.3 is 15.7 Å². The number of nitrogens with two attached hydrogens (primary N) is 1. The molecule has 0 atom stereocenters. The number of hydrogen-bond donors (Lipinski definition) is 2. The SMILES string of the molecule is Cl.NCC1CCN(C(=O)c2nn(-c3ccccc3)cc2O)CC1. The number of para-hydroxylation sites is 1. The van der Waals surface area contributed by atoms with Crippen molar-refractivity contribution < 1.29 is 9.90 Å². The highest BCUT2D eigenvalue weighted by Gasteiger charge is 2.26. The number of carbonyl (C=O) groups is 1. The fourth-order valence-electron chi connectivity index (χ4n) is 2.75. The maximum absolute atomic E-state index is 12.5. The number of hydrogen-bond acceptors (Lipinski definition) is 4. The Hall–Kier alpha value is -2.05. The molecule has 0 saturated carbocycles. The quantitative estimate of drug-likeness (QED) is 0.895. The molecular weight excluding hydrogens is 316 g/mol. The van der Waals surface area contributed by atoms with E-state index in [0.717, 1.165) is 18.5 Å². The molecule has 0 radical (unpaired) electrons. The third-order valence-electron chi connectivity index (χ3n) is 4.15. The Labute approximate surface area is 141 Å². The third-order valence-corrected chi connectivity index (χ3v) is 4.15. The summed E-state index contributed by atoms with van der Waals surface area (Å²) in [5.41, 5.74) is 6.58. The summed E-state index contributed by atoms with van der Waals surface area (Å²) in [6.07, 6.45) is 3.28. The minimum absolute atomic E-state index is 0. The van der Waals surface area contributed by atoms with Gasteiger partial charge in [-0.25, -0.2) is 4.68 Å². The van der Waals surface area contributed by atoms with Crippen LogP contribution in [0, 0.1) is 5.92 Å². The van der Waals surface area contributed by atoms with Crippen molar-refractivity contribution in [1.82, 2.24) is 14.7 Å². The fourth-order valence-corrected chi connectivity index (χ4v) is 2.75. The largest absolute Gasteiger partial charge is 0.504 e. The molecule has 3 N–H and O–H groups in total. The minimum Gasteiger partial charge on any atom is -0.504 e. The van der Waals surface area contributed by atoms with Gasteiger partial charge in [0.1, 0.15) is 0 Å². The Kier molecular flexibility index (Phi) is 5.63. The number of benzene rings is 1. The number of carbonyl (C=O) groups excluding carboxylic acids is 1. The van der Waals surface area contributed by atoms with Crippen LogP contribution < -0.4 is 5.73 Å². The van der Waals surface area contributed by atoms with Crippen molar-refractivity contribution in [2.24, 2.45) is 11.7 Å². The second-order valence-corrected chi connectivity index (χ2v) is 5.61. The molecule has 2 aromatic rings. The first kappa shape index (κ1) is 17.3. The number of halogens is 1. The monoisotopic (exact) mass is 336 g/mol. The maximum Gasteiger partial charge on any atom is 0.278 e. The van der Waals surface area contributed by atoms with E-state index in [-0.39, 0.29) is 29.8 Å². The second kappa shape index (κ2) is 7.48. The molecule has 0 spiro atoms. The van der Waals surface area contributed by atoms with Gasteiger partial charge in [-0.1, -0.05) is 18.2 Å². The molecule has 1 aromatic heterocycles. The van der Waals surface area contributed by atoms with E-state index in [4.69, 9.17) is 5.73 Å². The van der Waals surface area contributed by atoms with Crippen LogP contribution in [0.4, 0.5) is 0 Å². The Morgan fingerprint density at radius 2 is 1.91 bits per heavy atom. The molecule has 7 heteroatoms. The standard InChI is InChI=1S/C16H20N4O2.ClH/c17-10-12-6-8-19(9-7-12)16(22)15-14(21)11-20(18-15)13-4-2-1-3-5-13;/h1-5,11-12,21H,6-10,17H2;1H. The highest BCUT2D eigenvalue weighted by atomic mass is 35.5. The van der Waals surface area contributed by atoms with Crippen molar-refractivity contribution in [2.75, 3.05) is 19.6 Å². The Morgan fingerprint density at radius 3 is 2.52 bits per heavy atom. The first-order chi connectivity index (χ1) is 10.7. The number of aromatic hydroxyl groups is 1. The summed E-state index contributed by atoms with van der Waals surface area (Å²) in [4.78, 5) is 14.3. The fraction of sp³-hybridized carbons (Fsp3) is 0.375. The zero-order valence-corrected chi connectivity index (χ0v) is 13.6. The summed E-state index contributed by atoms with van der Waals surface area (Å²) in [7, 11) is 0. The van der Waals surface area contributed by atoms with Crippen LogP contribution >= 0.6 is 12.4 Å². The first-order valence-corrected chi connectivity index (χ1v) is 7.52. The van der Waals surface area contributed by atoms with Gasteiger partial charge >= 0.3 is 0 Å². The molecule has 1 amide bonds. The molecule has 1 fully saturated rings. The number of amides is 1. The van der Waals surface area contributed by atoms with Crippen molar-refractivity contribution in [3.8, 4) is 11.4 Å². The lowest BCUT2D eigenvalue weighted by Crippen LogP contribution is -2.40. The molecular formula is C16H21ClN4O2. The number of rotatable bonds is 3. The van der Waals surface area contributed by atoms with E-state index in [0.29, 0.717) is 25.6 Å². The summed E-state index contributed by atoms with van der Waals surface area (Å²) in [6.45, 7) is 1.99. The van der Waals surface area contributed by atoms with Gasteiger partial charge in [-0.3, -0.25) is 4.79 Å². The van der Waals surface area contributed by atoms with Crippen molar-refractivity contribution in [3.63, 3.8) is 0 Å². The molecule has 23 heavy (non-hydrogen) atoms. The zero-order chi connectivity index (χ0) is 15.5. The smallest absolute Gasteiger partial charge is 0.278 e. The molecule has 1 aliphatic heterocycles. The molecule has 1 aliphatic rings. The van der Waals surface area contributed by atoms with Crippen LogP contribution in [0.2, 0.25) is 0 Å². The van der Waals surface area contributed by atoms with Crippen LogP contribution in [0.5, 0.6) is 5.75 Å². The van der Waals surface area contributed by atoms with E-state index in [2.05, 4.69) is 5.10 Å². The van der Waals surface area contributed by atoms with E-state index in [1.807, 2.05) is 30.3 Å². The summed E-state index contributed by atoms with van der Waals surface area (Å²) in [5, 5.41) is 14.3. The van der Waals surface area contributed by atoms with Crippen LogP contribution in [0.25, 0.3) is 5.69 Å². The minimum atomic E-state index is -0.220. The van der Waals surface area contributed by atoms with Crippen LogP contribution in [0.3, 0.4) is 0 Å². The normalized spacial score (nSPS) is 15.3. The number of likely N-dealkylation sites (tertiary alicyclic amines) is 1. The van der Waals surface area contributed by atoms with E-state index in [1.54, 1.807) is 4.90 Å². The van der Waals surface area contributed by atoms with Crippen molar-refractivity contribution in [2.45, 2.75) is 12.8 Å². The maximum atomic E-state index is 12.5. The van der Waals surface area contributed by atoms with Gasteiger partial charge in [-0.05, 0) is 37.4 Å². The summed E-state index contributed by atoms with van der Waals surface area (Å²) in [5.74, 6) is 0.178. The summed E-state index contributed by atoms with van der Waals surface area (Å²) >= 11 is 0. The predicted molar refractivity (Wildman–Crippen MR) is 90.2 cm³/mol. The number of nitrogens with zero attached hydrogens (tertiary/aromatic N) is 3. The van der Waals surface area contributed by atoms with Crippen LogP contribution in [0.15, 0.2) is 36.5 Å². The van der Waals surface area contributed by atoms with E-state index in [9.17, 15) is 9.90 Å². The molecule has 3 rings (SSSR count). The second-order valence-electron chi connectivity index (χ2n) is 5.61.